The van der Waals surface area contributed by atoms with Gasteiger partial charge in [-0.2, -0.15) is 0 Å². The number of amides is 1. The van der Waals surface area contributed by atoms with E-state index in [0.29, 0.717) is 12.0 Å². The van der Waals surface area contributed by atoms with E-state index in [-0.39, 0.29) is 23.3 Å². The molecule has 3 aromatic rings. The normalized spacial score (nSPS) is 12.5. The first-order chi connectivity index (χ1) is 12.9. The smallest absolute Gasteiger partial charge is 0.238 e. The third kappa shape index (κ3) is 5.46. The Morgan fingerprint density at radius 2 is 1.89 bits per heavy atom. The highest BCUT2D eigenvalue weighted by atomic mass is 32.2. The van der Waals surface area contributed by atoms with E-state index in [4.69, 9.17) is 5.14 Å². The second-order valence-corrected chi connectivity index (χ2v) is 8.62. The van der Waals surface area contributed by atoms with E-state index >= 15 is 0 Å². The summed E-state index contributed by atoms with van der Waals surface area (Å²) in [5, 5.41) is 10.1. The summed E-state index contributed by atoms with van der Waals surface area (Å²) < 4.78 is 22.6. The second kappa shape index (κ2) is 8.43. The number of carbonyl (C=O) groups excluding carboxylic acids is 1. The lowest BCUT2D eigenvalue weighted by Gasteiger charge is -2.18. The molecule has 0 aliphatic rings. The van der Waals surface area contributed by atoms with Crippen LogP contribution in [0.3, 0.4) is 0 Å². The Hall–Kier alpha value is -2.55. The van der Waals surface area contributed by atoms with Gasteiger partial charge in [0.05, 0.1) is 23.1 Å². The molecule has 0 saturated heterocycles. The van der Waals surface area contributed by atoms with Gasteiger partial charge in [-0.1, -0.05) is 24.3 Å². The predicted octanol–water partition coefficient (Wildman–Crippen LogP) is 2.43. The number of aromatic nitrogens is 1. The molecule has 2 aromatic heterocycles. The minimum Gasteiger partial charge on any atom is -0.347 e. The zero-order valence-electron chi connectivity index (χ0n) is 14.4. The highest BCUT2D eigenvalue weighted by molar-refractivity contribution is 7.89. The van der Waals surface area contributed by atoms with Crippen molar-refractivity contribution in [1.82, 2.24) is 10.3 Å². The molecule has 6 nitrogen and oxygen atoms in total. The van der Waals surface area contributed by atoms with Crippen molar-refractivity contribution in [3.63, 3.8) is 0 Å². The summed E-state index contributed by atoms with van der Waals surface area (Å²) in [6, 6.07) is 15.4. The highest BCUT2D eigenvalue weighted by Gasteiger charge is 2.17. The average Bonchev–Trinajstić information content (AvgIpc) is 3.15. The Kier molecular flexibility index (Phi) is 6.00. The molecule has 27 heavy (non-hydrogen) atoms. The molecule has 0 spiro atoms. The number of hydrogen-bond donors (Lipinski definition) is 2. The van der Waals surface area contributed by atoms with Crippen LogP contribution in [-0.4, -0.2) is 19.3 Å². The molecule has 0 bridgehead atoms. The first kappa shape index (κ1) is 19.2. The number of rotatable bonds is 7. The van der Waals surface area contributed by atoms with Gasteiger partial charge >= 0.3 is 0 Å². The molecule has 3 rings (SSSR count). The SMILES string of the molecule is NS(=O)(=O)c1ccc(CC(=O)NC(Cc2cccs2)c2ccccn2)cc1. The van der Waals surface area contributed by atoms with Crippen LogP contribution >= 0.6 is 11.3 Å². The van der Waals surface area contributed by atoms with Crippen molar-refractivity contribution in [2.45, 2.75) is 23.8 Å². The van der Waals surface area contributed by atoms with Crippen LogP contribution in [0, 0.1) is 0 Å². The zero-order valence-corrected chi connectivity index (χ0v) is 16.0. The van der Waals surface area contributed by atoms with Crippen LogP contribution < -0.4 is 10.5 Å². The number of sulfonamides is 1. The highest BCUT2D eigenvalue weighted by Crippen LogP contribution is 2.20. The van der Waals surface area contributed by atoms with Crippen LogP contribution in [0.4, 0.5) is 0 Å². The van der Waals surface area contributed by atoms with Gasteiger partial charge in [-0.3, -0.25) is 9.78 Å². The lowest BCUT2D eigenvalue weighted by molar-refractivity contribution is -0.121. The maximum atomic E-state index is 12.5. The first-order valence-electron chi connectivity index (χ1n) is 8.26. The number of primary sulfonamides is 1. The third-order valence-corrected chi connectivity index (χ3v) is 5.81. The number of nitrogens with two attached hydrogens (primary N) is 1. The van der Waals surface area contributed by atoms with Crippen molar-refractivity contribution < 1.29 is 13.2 Å². The lowest BCUT2D eigenvalue weighted by atomic mass is 10.1. The van der Waals surface area contributed by atoms with Crippen molar-refractivity contribution in [2.75, 3.05) is 0 Å². The van der Waals surface area contributed by atoms with Gasteiger partial charge in [0.1, 0.15) is 0 Å². The fraction of sp³-hybridized carbons (Fsp3) is 0.158. The molecule has 0 fully saturated rings. The number of nitrogens with one attached hydrogen (secondary N) is 1. The fourth-order valence-corrected chi connectivity index (χ4v) is 3.94. The monoisotopic (exact) mass is 401 g/mol. The number of benzene rings is 1. The maximum Gasteiger partial charge on any atom is 0.238 e. The summed E-state index contributed by atoms with van der Waals surface area (Å²) in [5.41, 5.74) is 1.50. The molecule has 0 radical (unpaired) electrons. The molecular formula is C19H19N3O3S2. The summed E-state index contributed by atoms with van der Waals surface area (Å²) >= 11 is 1.63. The fourth-order valence-electron chi connectivity index (χ4n) is 2.67. The van der Waals surface area contributed by atoms with Gasteiger partial charge in [0.2, 0.25) is 15.9 Å². The van der Waals surface area contributed by atoms with Crippen LogP contribution in [0.25, 0.3) is 0 Å². The Morgan fingerprint density at radius 1 is 1.11 bits per heavy atom. The van der Waals surface area contributed by atoms with E-state index in [1.54, 1.807) is 29.7 Å². The van der Waals surface area contributed by atoms with Gasteiger partial charge in [0.25, 0.3) is 0 Å². The number of hydrogen-bond acceptors (Lipinski definition) is 5. The molecule has 140 valence electrons. The van der Waals surface area contributed by atoms with Gasteiger partial charge in [-0.25, -0.2) is 13.6 Å². The van der Waals surface area contributed by atoms with E-state index < -0.39 is 10.0 Å². The van der Waals surface area contributed by atoms with Crippen molar-refractivity contribution in [3.8, 4) is 0 Å². The van der Waals surface area contributed by atoms with E-state index in [2.05, 4.69) is 10.3 Å². The Morgan fingerprint density at radius 3 is 2.48 bits per heavy atom. The summed E-state index contributed by atoms with van der Waals surface area (Å²) in [6.45, 7) is 0. The number of carbonyl (C=O) groups is 1. The van der Waals surface area contributed by atoms with Gasteiger partial charge in [-0.05, 0) is 41.3 Å². The number of pyridine rings is 1. The second-order valence-electron chi connectivity index (χ2n) is 6.02. The molecule has 2 heterocycles. The Balaban J connectivity index is 1.70. The lowest BCUT2D eigenvalue weighted by Crippen LogP contribution is -2.31. The average molecular weight is 402 g/mol. The van der Waals surface area contributed by atoms with E-state index in [0.717, 1.165) is 10.6 Å². The Bertz CT molecular complexity index is 986. The maximum absolute atomic E-state index is 12.5. The zero-order chi connectivity index (χ0) is 19.3. The molecule has 3 N–H and O–H groups in total. The van der Waals surface area contributed by atoms with Gasteiger partial charge in [0, 0.05) is 17.5 Å². The first-order valence-corrected chi connectivity index (χ1v) is 10.7. The van der Waals surface area contributed by atoms with Crippen molar-refractivity contribution in [3.05, 3.63) is 82.3 Å². The third-order valence-electron chi connectivity index (χ3n) is 3.98. The molecule has 0 aliphatic heterocycles. The van der Waals surface area contributed by atoms with Gasteiger partial charge in [-0.15, -0.1) is 11.3 Å². The largest absolute Gasteiger partial charge is 0.347 e. The van der Waals surface area contributed by atoms with E-state index in [1.165, 1.54) is 12.1 Å². The topological polar surface area (TPSA) is 102 Å². The van der Waals surface area contributed by atoms with Gasteiger partial charge in [0.15, 0.2) is 0 Å². The molecule has 1 atom stereocenters. The van der Waals surface area contributed by atoms with E-state index in [1.807, 2.05) is 35.7 Å². The molecular weight excluding hydrogens is 382 g/mol. The molecule has 1 unspecified atom stereocenters. The van der Waals surface area contributed by atoms with Crippen LogP contribution in [0.5, 0.6) is 0 Å². The van der Waals surface area contributed by atoms with E-state index in [9.17, 15) is 13.2 Å². The minimum absolute atomic E-state index is 0.0238. The van der Waals surface area contributed by atoms with Crippen molar-refractivity contribution in [2.24, 2.45) is 5.14 Å². The summed E-state index contributed by atoms with van der Waals surface area (Å²) in [4.78, 5) is 18.1. The summed E-state index contributed by atoms with van der Waals surface area (Å²) in [5.74, 6) is -0.162. The van der Waals surface area contributed by atoms with Crippen LogP contribution in [0.2, 0.25) is 0 Å². The standard InChI is InChI=1S/C19H19N3O3S2/c20-27(24,25)16-8-6-14(7-9-16)12-19(23)22-18(13-15-4-3-11-26-15)17-5-1-2-10-21-17/h1-11,18H,12-13H2,(H,22,23)(H2,20,24,25). The molecule has 8 heteroatoms. The Labute approximate surface area is 162 Å². The predicted molar refractivity (Wildman–Crippen MR) is 105 cm³/mol. The number of nitrogens with zero attached hydrogens (tertiary/aromatic N) is 1. The molecule has 0 saturated carbocycles. The van der Waals surface area contributed by atoms with Crippen molar-refractivity contribution >= 4 is 27.3 Å². The van der Waals surface area contributed by atoms with Crippen molar-refractivity contribution in [1.29, 1.82) is 0 Å². The minimum atomic E-state index is -3.74. The summed E-state index contributed by atoms with van der Waals surface area (Å²) in [6.07, 6.45) is 2.50. The van der Waals surface area contributed by atoms with Crippen LogP contribution in [-0.2, 0) is 27.7 Å². The molecule has 1 aromatic carbocycles. The van der Waals surface area contributed by atoms with Crippen LogP contribution in [0.15, 0.2) is 71.1 Å². The molecule has 0 aliphatic carbocycles. The number of thiophene rings is 1. The van der Waals surface area contributed by atoms with Gasteiger partial charge < -0.3 is 5.32 Å². The van der Waals surface area contributed by atoms with Crippen LogP contribution in [0.1, 0.15) is 22.2 Å². The summed E-state index contributed by atoms with van der Waals surface area (Å²) in [7, 11) is -3.74. The quantitative estimate of drug-likeness (QED) is 0.635. The molecule has 1 amide bonds.